The molecule has 0 aliphatic carbocycles. The molecule has 2 nitrogen and oxygen atoms in total. The standard InChI is InChI=1S/C12H11Cl2NOS/c1-8(12-15-10(6-13)7-17-12)16-11-4-2-3-9(14)5-11/h2-5,7-8H,6H2,1H3. The first-order valence-electron chi connectivity index (χ1n) is 5.11. The maximum absolute atomic E-state index is 5.89. The average molecular weight is 288 g/mol. The maximum atomic E-state index is 5.89. The highest BCUT2D eigenvalue weighted by Gasteiger charge is 2.12. The van der Waals surface area contributed by atoms with Crippen LogP contribution in [-0.4, -0.2) is 4.98 Å². The number of halogens is 2. The molecule has 0 saturated heterocycles. The van der Waals surface area contributed by atoms with Gasteiger partial charge in [-0.3, -0.25) is 0 Å². The van der Waals surface area contributed by atoms with Crippen LogP contribution in [0.5, 0.6) is 5.75 Å². The molecular weight excluding hydrogens is 277 g/mol. The van der Waals surface area contributed by atoms with Gasteiger partial charge in [-0.2, -0.15) is 0 Å². The van der Waals surface area contributed by atoms with Crippen molar-refractivity contribution < 1.29 is 4.74 Å². The highest BCUT2D eigenvalue weighted by Crippen LogP contribution is 2.26. The van der Waals surface area contributed by atoms with Crippen molar-refractivity contribution >= 4 is 34.5 Å². The van der Waals surface area contributed by atoms with Crippen LogP contribution >= 0.6 is 34.5 Å². The molecule has 0 amide bonds. The van der Waals surface area contributed by atoms with Crippen LogP contribution in [0.4, 0.5) is 0 Å². The summed E-state index contributed by atoms with van der Waals surface area (Å²) in [5, 5.41) is 3.52. The highest BCUT2D eigenvalue weighted by molar-refractivity contribution is 7.09. The second kappa shape index (κ2) is 5.71. The molecule has 0 spiro atoms. The van der Waals surface area contributed by atoms with Crippen molar-refractivity contribution in [2.24, 2.45) is 0 Å². The number of aromatic nitrogens is 1. The molecule has 1 heterocycles. The molecule has 1 aromatic carbocycles. The van der Waals surface area contributed by atoms with Crippen LogP contribution in [0.25, 0.3) is 0 Å². The van der Waals surface area contributed by atoms with Gasteiger partial charge in [0.2, 0.25) is 0 Å². The third-order valence-electron chi connectivity index (χ3n) is 2.16. The summed E-state index contributed by atoms with van der Waals surface area (Å²) in [6.45, 7) is 1.96. The Morgan fingerprint density at radius 2 is 2.29 bits per heavy atom. The summed E-state index contributed by atoms with van der Waals surface area (Å²) in [6.07, 6.45) is -0.101. The van der Waals surface area contributed by atoms with Crippen LogP contribution in [0, 0.1) is 0 Å². The number of ether oxygens (including phenoxy) is 1. The summed E-state index contributed by atoms with van der Waals surface area (Å²) in [5.41, 5.74) is 0.883. The van der Waals surface area contributed by atoms with Crippen molar-refractivity contribution in [3.63, 3.8) is 0 Å². The van der Waals surface area contributed by atoms with Crippen LogP contribution < -0.4 is 4.74 Å². The Bertz CT molecular complexity index is 501. The summed E-state index contributed by atoms with van der Waals surface area (Å²) in [7, 11) is 0. The summed E-state index contributed by atoms with van der Waals surface area (Å²) < 4.78 is 5.76. The molecule has 5 heteroatoms. The zero-order valence-electron chi connectivity index (χ0n) is 9.19. The van der Waals surface area contributed by atoms with Crippen molar-refractivity contribution in [3.05, 3.63) is 45.4 Å². The van der Waals surface area contributed by atoms with E-state index >= 15 is 0 Å². The molecule has 0 saturated carbocycles. The zero-order valence-corrected chi connectivity index (χ0v) is 11.5. The molecule has 17 heavy (non-hydrogen) atoms. The molecule has 2 rings (SSSR count). The molecule has 0 radical (unpaired) electrons. The van der Waals surface area contributed by atoms with Crippen LogP contribution in [-0.2, 0) is 5.88 Å². The minimum atomic E-state index is -0.101. The zero-order chi connectivity index (χ0) is 12.3. The van der Waals surface area contributed by atoms with E-state index in [9.17, 15) is 0 Å². The first-order chi connectivity index (χ1) is 8.19. The Morgan fingerprint density at radius 3 is 2.94 bits per heavy atom. The molecule has 0 N–H and O–H groups in total. The topological polar surface area (TPSA) is 22.1 Å². The van der Waals surface area contributed by atoms with Crippen LogP contribution in [0.3, 0.4) is 0 Å². The average Bonchev–Trinajstić information content (AvgIpc) is 2.77. The highest BCUT2D eigenvalue weighted by atomic mass is 35.5. The quantitative estimate of drug-likeness (QED) is 0.762. The molecule has 0 bridgehead atoms. The second-order valence-corrected chi connectivity index (χ2v) is 5.12. The largest absolute Gasteiger partial charge is 0.483 e. The Kier molecular flexibility index (Phi) is 4.26. The molecule has 90 valence electrons. The number of hydrogen-bond acceptors (Lipinski definition) is 3. The van der Waals surface area contributed by atoms with E-state index in [0.29, 0.717) is 10.9 Å². The number of rotatable bonds is 4. The van der Waals surface area contributed by atoms with Gasteiger partial charge in [-0.25, -0.2) is 4.98 Å². The van der Waals surface area contributed by atoms with Gasteiger partial charge in [0.1, 0.15) is 16.9 Å². The molecule has 1 unspecified atom stereocenters. The molecule has 0 aliphatic rings. The van der Waals surface area contributed by atoms with Crippen molar-refractivity contribution in [2.75, 3.05) is 0 Å². The van der Waals surface area contributed by atoms with Gasteiger partial charge in [-0.1, -0.05) is 17.7 Å². The Hall–Kier alpha value is -0.770. The summed E-state index contributed by atoms with van der Waals surface area (Å²) in [4.78, 5) is 4.38. The van der Waals surface area contributed by atoms with Crippen molar-refractivity contribution in [3.8, 4) is 5.75 Å². The monoisotopic (exact) mass is 287 g/mol. The molecule has 1 atom stereocenters. The summed E-state index contributed by atoms with van der Waals surface area (Å²) in [5.74, 6) is 1.17. The predicted molar refractivity (Wildman–Crippen MR) is 72.2 cm³/mol. The van der Waals surface area contributed by atoms with Crippen LogP contribution in [0.2, 0.25) is 5.02 Å². The summed E-state index contributed by atoms with van der Waals surface area (Å²) >= 11 is 13.2. The molecule has 0 fully saturated rings. The second-order valence-electron chi connectivity index (χ2n) is 3.53. The lowest BCUT2D eigenvalue weighted by atomic mass is 10.3. The van der Waals surface area contributed by atoms with E-state index in [1.165, 1.54) is 0 Å². The fraction of sp³-hybridized carbons (Fsp3) is 0.250. The Balaban J connectivity index is 2.08. The molecule has 2 aromatic rings. The van der Waals surface area contributed by atoms with Crippen LogP contribution in [0.1, 0.15) is 23.7 Å². The summed E-state index contributed by atoms with van der Waals surface area (Å²) in [6, 6.07) is 7.33. The van der Waals surface area contributed by atoms with E-state index in [1.807, 2.05) is 30.5 Å². The number of benzene rings is 1. The van der Waals surface area contributed by atoms with Gasteiger partial charge in [-0.15, -0.1) is 22.9 Å². The van der Waals surface area contributed by atoms with Gasteiger partial charge in [0.15, 0.2) is 0 Å². The predicted octanol–water partition coefficient (Wildman–Crippen LogP) is 4.68. The van der Waals surface area contributed by atoms with E-state index in [2.05, 4.69) is 4.98 Å². The van der Waals surface area contributed by atoms with Gasteiger partial charge >= 0.3 is 0 Å². The fourth-order valence-corrected chi connectivity index (χ4v) is 2.58. The third-order valence-corrected chi connectivity index (χ3v) is 3.73. The van der Waals surface area contributed by atoms with Gasteiger partial charge < -0.3 is 4.74 Å². The molecular formula is C12H11Cl2NOS. The number of alkyl halides is 1. The smallest absolute Gasteiger partial charge is 0.147 e. The molecule has 1 aromatic heterocycles. The number of nitrogens with zero attached hydrogens (tertiary/aromatic N) is 1. The van der Waals surface area contributed by atoms with Crippen molar-refractivity contribution in [1.82, 2.24) is 4.98 Å². The molecule has 0 aliphatic heterocycles. The van der Waals surface area contributed by atoms with E-state index in [1.54, 1.807) is 17.4 Å². The van der Waals surface area contributed by atoms with E-state index in [-0.39, 0.29) is 6.10 Å². The van der Waals surface area contributed by atoms with Gasteiger partial charge in [0, 0.05) is 10.4 Å². The van der Waals surface area contributed by atoms with E-state index in [0.717, 1.165) is 16.5 Å². The van der Waals surface area contributed by atoms with Crippen LogP contribution in [0.15, 0.2) is 29.6 Å². The Labute approximate surface area is 114 Å². The number of hydrogen-bond donors (Lipinski definition) is 0. The number of thiazole rings is 1. The fourth-order valence-electron chi connectivity index (χ4n) is 1.37. The van der Waals surface area contributed by atoms with Gasteiger partial charge in [0.05, 0.1) is 11.6 Å². The minimum Gasteiger partial charge on any atom is -0.483 e. The first-order valence-corrected chi connectivity index (χ1v) is 6.90. The lowest BCUT2D eigenvalue weighted by molar-refractivity contribution is 0.226. The van der Waals surface area contributed by atoms with Gasteiger partial charge in [-0.05, 0) is 25.1 Å². The van der Waals surface area contributed by atoms with Crippen molar-refractivity contribution in [1.29, 1.82) is 0 Å². The lowest BCUT2D eigenvalue weighted by Crippen LogP contribution is -2.02. The lowest BCUT2D eigenvalue weighted by Gasteiger charge is -2.12. The van der Waals surface area contributed by atoms with E-state index in [4.69, 9.17) is 27.9 Å². The SMILES string of the molecule is CC(Oc1cccc(Cl)c1)c1nc(CCl)cs1. The maximum Gasteiger partial charge on any atom is 0.147 e. The van der Waals surface area contributed by atoms with E-state index < -0.39 is 0 Å². The van der Waals surface area contributed by atoms with Gasteiger partial charge in [0.25, 0.3) is 0 Å². The van der Waals surface area contributed by atoms with Crippen molar-refractivity contribution in [2.45, 2.75) is 18.9 Å². The normalized spacial score (nSPS) is 12.4. The third kappa shape index (κ3) is 3.35. The first kappa shape index (κ1) is 12.7. The Morgan fingerprint density at radius 1 is 1.47 bits per heavy atom. The minimum absolute atomic E-state index is 0.101.